The maximum Gasteiger partial charge on any atom is 0.0746 e. The minimum atomic E-state index is -0.582. The second kappa shape index (κ2) is 14.2. The molecule has 0 heterocycles. The van der Waals surface area contributed by atoms with E-state index in [1.165, 1.54) is 106 Å². The normalized spacial score (nSPS) is 17.2. The lowest BCUT2D eigenvalue weighted by Crippen LogP contribution is -2.36. The number of benzene rings is 7. The van der Waals surface area contributed by atoms with Crippen molar-refractivity contribution in [2.24, 2.45) is 0 Å². The van der Waals surface area contributed by atoms with E-state index in [0.29, 0.717) is 0 Å². The van der Waals surface area contributed by atoms with Gasteiger partial charge in [0.2, 0.25) is 0 Å². The van der Waals surface area contributed by atoms with E-state index in [0.717, 1.165) is 6.42 Å². The van der Waals surface area contributed by atoms with Gasteiger partial charge in [-0.15, -0.1) is 0 Å². The maximum absolute atomic E-state index is 2.76. The Labute approximate surface area is 388 Å². The molecule has 0 amide bonds. The highest BCUT2D eigenvalue weighted by Gasteiger charge is 2.55. The van der Waals surface area contributed by atoms with E-state index < -0.39 is 5.41 Å². The van der Waals surface area contributed by atoms with E-state index in [1.807, 2.05) is 0 Å². The van der Waals surface area contributed by atoms with Gasteiger partial charge in [0.15, 0.2) is 0 Å². The summed E-state index contributed by atoms with van der Waals surface area (Å²) in [7, 11) is 0. The van der Waals surface area contributed by atoms with Crippen LogP contribution < -0.4 is 4.90 Å². The Kier molecular flexibility index (Phi) is 9.04. The van der Waals surface area contributed by atoms with Gasteiger partial charge in [0.05, 0.1) is 11.5 Å². The van der Waals surface area contributed by atoms with Crippen molar-refractivity contribution in [1.29, 1.82) is 0 Å². The molecule has 0 radical (unpaired) electrons. The molecule has 0 bridgehead atoms. The first-order valence-corrected chi connectivity index (χ1v) is 24.0. The summed E-state index contributed by atoms with van der Waals surface area (Å²) < 4.78 is 0. The van der Waals surface area contributed by atoms with Gasteiger partial charge in [-0.05, 0) is 130 Å². The molecule has 0 N–H and O–H groups in total. The van der Waals surface area contributed by atoms with Crippen LogP contribution in [-0.4, -0.2) is 6.04 Å². The van der Waals surface area contributed by atoms with Gasteiger partial charge in [-0.3, -0.25) is 0 Å². The summed E-state index contributed by atoms with van der Waals surface area (Å²) >= 11 is 0. The highest BCUT2D eigenvalue weighted by atomic mass is 15.2. The molecule has 0 saturated heterocycles. The molecule has 7 aromatic rings. The average Bonchev–Trinajstić information content (AvgIpc) is 3.84. The number of hydrogen-bond acceptors (Lipinski definition) is 1. The average molecular weight is 846 g/mol. The van der Waals surface area contributed by atoms with Crippen LogP contribution in [0.2, 0.25) is 0 Å². The van der Waals surface area contributed by atoms with E-state index in [2.05, 4.69) is 245 Å². The first-order valence-electron chi connectivity index (χ1n) is 24.0. The third-order valence-electron chi connectivity index (χ3n) is 15.5. The van der Waals surface area contributed by atoms with Crippen molar-refractivity contribution in [3.8, 4) is 33.4 Å². The Hall–Kier alpha value is -6.18. The molecule has 1 spiro atoms. The largest absolute Gasteiger partial charge is 0.333 e. The summed E-state index contributed by atoms with van der Waals surface area (Å²) in [5.74, 6) is 0. The fourth-order valence-electron chi connectivity index (χ4n) is 12.0. The minimum absolute atomic E-state index is 0.0342. The van der Waals surface area contributed by atoms with Crippen LogP contribution in [0.5, 0.6) is 0 Å². The SMILES string of the molecule is CC(C)(C)c1ccc2c(c1)C1(c3cc(C(C)(C)C)ccc3-2)c2cc(C(C)(C)C)ccc2-c2cccc(N(c3ccc4c(c3)C(C)(C)c3ccccc3-4)C3CC=CC=C3c3ccccc3)c21. The maximum atomic E-state index is 2.76. The van der Waals surface area contributed by atoms with Crippen molar-refractivity contribution < 1.29 is 0 Å². The predicted octanol–water partition coefficient (Wildman–Crippen LogP) is 16.8. The molecule has 65 heavy (non-hydrogen) atoms. The zero-order chi connectivity index (χ0) is 45.4. The molecule has 0 aromatic heterocycles. The zero-order valence-corrected chi connectivity index (χ0v) is 40.3. The molecule has 1 heteroatoms. The number of rotatable bonds is 4. The molecule has 0 saturated carbocycles. The standard InChI is InChI=1S/C64H63N/c1-60(2,3)41-28-32-48-49-33-29-42(61(4,5)6)37-55(49)64(54(48)36-41)56-38-43(62(7,8)9)30-34-50(56)51-24-19-27-58(59(51)64)65(57-26-18-16-22-45(57)40-20-13-12-14-21-40)44-31-35-47-46-23-15-17-25-52(46)63(10,11)53(47)39-44/h12-25,27-39,57H,26H2,1-11H3. The van der Waals surface area contributed by atoms with Gasteiger partial charge in [-0.25, -0.2) is 0 Å². The van der Waals surface area contributed by atoms with Crippen LogP contribution in [0, 0.1) is 0 Å². The van der Waals surface area contributed by atoms with E-state index in [1.54, 1.807) is 0 Å². The first kappa shape index (κ1) is 41.5. The summed E-state index contributed by atoms with van der Waals surface area (Å²) in [5.41, 5.74) is 24.8. The van der Waals surface area contributed by atoms with Crippen LogP contribution in [0.1, 0.15) is 138 Å². The van der Waals surface area contributed by atoms with Crippen LogP contribution in [0.15, 0.2) is 164 Å². The number of fused-ring (bicyclic) bond motifs is 13. The van der Waals surface area contributed by atoms with Gasteiger partial charge in [0.1, 0.15) is 0 Å². The summed E-state index contributed by atoms with van der Waals surface area (Å²) in [4.78, 5) is 2.76. The van der Waals surface area contributed by atoms with Gasteiger partial charge in [-0.1, -0.05) is 222 Å². The summed E-state index contributed by atoms with van der Waals surface area (Å²) in [6, 6.07) is 57.2. The third kappa shape index (κ3) is 6.10. The molecule has 7 aromatic carbocycles. The van der Waals surface area contributed by atoms with E-state index >= 15 is 0 Å². The molecule has 11 rings (SSSR count). The van der Waals surface area contributed by atoms with Crippen molar-refractivity contribution in [1.82, 2.24) is 0 Å². The number of nitrogens with zero attached hydrogens (tertiary/aromatic N) is 1. The molecule has 324 valence electrons. The predicted molar refractivity (Wildman–Crippen MR) is 277 cm³/mol. The Morgan fingerprint density at radius 2 is 0.954 bits per heavy atom. The minimum Gasteiger partial charge on any atom is -0.333 e. The second-order valence-electron chi connectivity index (χ2n) is 22.9. The van der Waals surface area contributed by atoms with Gasteiger partial charge in [-0.2, -0.15) is 0 Å². The van der Waals surface area contributed by atoms with E-state index in [4.69, 9.17) is 0 Å². The lowest BCUT2D eigenvalue weighted by Gasteiger charge is -2.41. The smallest absolute Gasteiger partial charge is 0.0746 e. The van der Waals surface area contributed by atoms with Crippen molar-refractivity contribution in [2.45, 2.75) is 116 Å². The molecule has 4 aliphatic rings. The van der Waals surface area contributed by atoms with Crippen LogP contribution in [-0.2, 0) is 27.1 Å². The van der Waals surface area contributed by atoms with Crippen molar-refractivity contribution >= 4 is 16.9 Å². The van der Waals surface area contributed by atoms with Crippen LogP contribution in [0.4, 0.5) is 11.4 Å². The molecule has 0 aliphatic heterocycles. The summed E-state index contributed by atoms with van der Waals surface area (Å²) in [6.07, 6.45) is 7.91. The zero-order valence-electron chi connectivity index (χ0n) is 40.3. The summed E-state index contributed by atoms with van der Waals surface area (Å²) in [5, 5.41) is 0. The van der Waals surface area contributed by atoms with Crippen LogP contribution in [0.25, 0.3) is 39.0 Å². The molecular formula is C64H63N. The lowest BCUT2D eigenvalue weighted by molar-refractivity contribution is 0.584. The van der Waals surface area contributed by atoms with Crippen molar-refractivity contribution in [3.05, 3.63) is 219 Å². The Bertz CT molecular complexity index is 3040. The highest BCUT2D eigenvalue weighted by Crippen LogP contribution is 2.66. The molecule has 1 unspecified atom stereocenters. The number of hydrogen-bond donors (Lipinski definition) is 0. The van der Waals surface area contributed by atoms with Gasteiger partial charge < -0.3 is 4.90 Å². The number of allylic oxidation sites excluding steroid dienone is 2. The Morgan fingerprint density at radius 1 is 0.462 bits per heavy atom. The molecule has 1 nitrogen and oxygen atoms in total. The topological polar surface area (TPSA) is 3.24 Å². The molecule has 0 fully saturated rings. The first-order chi connectivity index (χ1) is 30.9. The number of anilines is 2. The third-order valence-corrected chi connectivity index (χ3v) is 15.5. The Balaban J connectivity index is 1.28. The fraction of sp³-hybridized carbons (Fsp3) is 0.281. The fourth-order valence-corrected chi connectivity index (χ4v) is 12.0. The van der Waals surface area contributed by atoms with Crippen molar-refractivity contribution in [3.63, 3.8) is 0 Å². The van der Waals surface area contributed by atoms with Crippen LogP contribution >= 0.6 is 0 Å². The van der Waals surface area contributed by atoms with Gasteiger partial charge in [0.25, 0.3) is 0 Å². The van der Waals surface area contributed by atoms with E-state index in [9.17, 15) is 0 Å². The Morgan fingerprint density at radius 3 is 1.54 bits per heavy atom. The second-order valence-corrected chi connectivity index (χ2v) is 22.9. The highest BCUT2D eigenvalue weighted by molar-refractivity contribution is 6.00. The van der Waals surface area contributed by atoms with E-state index in [-0.39, 0.29) is 27.7 Å². The molecule has 4 aliphatic carbocycles. The lowest BCUT2D eigenvalue weighted by atomic mass is 9.67. The quantitative estimate of drug-likeness (QED) is 0.171. The van der Waals surface area contributed by atoms with Crippen molar-refractivity contribution in [2.75, 3.05) is 4.90 Å². The summed E-state index contributed by atoms with van der Waals surface area (Å²) in [6.45, 7) is 26.1. The monoisotopic (exact) mass is 845 g/mol. The van der Waals surface area contributed by atoms with Crippen LogP contribution in [0.3, 0.4) is 0 Å². The van der Waals surface area contributed by atoms with Gasteiger partial charge >= 0.3 is 0 Å². The van der Waals surface area contributed by atoms with Gasteiger partial charge in [0, 0.05) is 22.4 Å². The molecular weight excluding hydrogens is 783 g/mol. The molecule has 1 atom stereocenters.